The van der Waals surface area contributed by atoms with Gasteiger partial charge >= 0.3 is 0 Å². The number of benzene rings is 1. The Balaban J connectivity index is 2.24. The lowest BCUT2D eigenvalue weighted by atomic mass is 10.1. The van der Waals surface area contributed by atoms with Crippen LogP contribution in [0.1, 0.15) is 6.42 Å². The standard InChI is InChI=1S/C12H11BrN2O4/c13-6-4-8-12(18-3-1-2-17-8)10(11(6)16)7-5-9(14)15-19-7/h4-5,16H,1-3H2,(H2,14,15). The zero-order valence-corrected chi connectivity index (χ0v) is 11.4. The Bertz CT molecular complexity index is 626. The van der Waals surface area contributed by atoms with Crippen LogP contribution in [0.2, 0.25) is 0 Å². The van der Waals surface area contributed by atoms with Crippen molar-refractivity contribution >= 4 is 21.7 Å². The van der Waals surface area contributed by atoms with Crippen LogP contribution in [-0.2, 0) is 0 Å². The Kier molecular flexibility index (Phi) is 2.98. The summed E-state index contributed by atoms with van der Waals surface area (Å²) in [5.74, 6) is 1.55. The van der Waals surface area contributed by atoms with Gasteiger partial charge in [-0.1, -0.05) is 5.16 Å². The number of nitrogen functional groups attached to an aromatic ring is 1. The first kappa shape index (κ1) is 12.2. The topological polar surface area (TPSA) is 90.7 Å². The lowest BCUT2D eigenvalue weighted by molar-refractivity contribution is 0.296. The molecule has 0 fully saturated rings. The summed E-state index contributed by atoms with van der Waals surface area (Å²) >= 11 is 3.28. The van der Waals surface area contributed by atoms with E-state index in [4.69, 9.17) is 19.7 Å². The number of aromatic hydroxyl groups is 1. The lowest BCUT2D eigenvalue weighted by Gasteiger charge is -2.13. The van der Waals surface area contributed by atoms with Crippen molar-refractivity contribution in [2.45, 2.75) is 6.42 Å². The number of nitrogens with zero attached hydrogens (tertiary/aromatic N) is 1. The van der Waals surface area contributed by atoms with Crippen molar-refractivity contribution in [3.05, 3.63) is 16.6 Å². The van der Waals surface area contributed by atoms with Crippen LogP contribution in [0.3, 0.4) is 0 Å². The third-order valence-electron chi connectivity index (χ3n) is 2.74. The molecule has 1 aromatic carbocycles. The molecule has 6 nitrogen and oxygen atoms in total. The summed E-state index contributed by atoms with van der Waals surface area (Å²) < 4.78 is 16.8. The monoisotopic (exact) mass is 326 g/mol. The molecular formula is C12H11BrN2O4. The zero-order chi connectivity index (χ0) is 13.4. The van der Waals surface area contributed by atoms with Crippen molar-refractivity contribution in [3.8, 4) is 28.6 Å². The molecule has 3 rings (SSSR count). The van der Waals surface area contributed by atoms with Crippen molar-refractivity contribution in [3.63, 3.8) is 0 Å². The minimum atomic E-state index is 0.000370. The lowest BCUT2D eigenvalue weighted by Crippen LogP contribution is -1.98. The molecule has 1 aromatic heterocycles. The van der Waals surface area contributed by atoms with Gasteiger partial charge in [0.05, 0.1) is 17.7 Å². The molecule has 0 amide bonds. The van der Waals surface area contributed by atoms with Crippen molar-refractivity contribution < 1.29 is 19.1 Å². The van der Waals surface area contributed by atoms with Crippen LogP contribution in [0.25, 0.3) is 11.3 Å². The van der Waals surface area contributed by atoms with E-state index in [2.05, 4.69) is 21.1 Å². The fourth-order valence-electron chi connectivity index (χ4n) is 1.90. The molecule has 0 saturated carbocycles. The number of phenolic OH excluding ortho intramolecular Hbond substituents is 1. The number of hydrogen-bond donors (Lipinski definition) is 2. The van der Waals surface area contributed by atoms with E-state index in [1.54, 1.807) is 6.07 Å². The van der Waals surface area contributed by atoms with E-state index < -0.39 is 0 Å². The number of anilines is 1. The number of rotatable bonds is 1. The van der Waals surface area contributed by atoms with Crippen LogP contribution in [0.5, 0.6) is 17.2 Å². The summed E-state index contributed by atoms with van der Waals surface area (Å²) in [5, 5.41) is 13.8. The molecule has 100 valence electrons. The molecule has 0 saturated heterocycles. The van der Waals surface area contributed by atoms with E-state index in [-0.39, 0.29) is 11.6 Å². The Morgan fingerprint density at radius 1 is 1.26 bits per heavy atom. The fourth-order valence-corrected chi connectivity index (χ4v) is 2.31. The number of hydrogen-bond acceptors (Lipinski definition) is 6. The first-order chi connectivity index (χ1) is 9.16. The van der Waals surface area contributed by atoms with E-state index in [0.29, 0.717) is 40.5 Å². The SMILES string of the molecule is Nc1cc(-c2c(O)c(Br)cc3c2OCCCO3)on1. The molecule has 19 heavy (non-hydrogen) atoms. The summed E-state index contributed by atoms with van der Waals surface area (Å²) in [5.41, 5.74) is 5.93. The van der Waals surface area contributed by atoms with Gasteiger partial charge in [0.1, 0.15) is 11.3 Å². The van der Waals surface area contributed by atoms with E-state index in [0.717, 1.165) is 6.42 Å². The Hall–Kier alpha value is -1.89. The smallest absolute Gasteiger partial charge is 0.176 e. The second-order valence-electron chi connectivity index (χ2n) is 4.08. The fraction of sp³-hybridized carbons (Fsp3) is 0.250. The summed E-state index contributed by atoms with van der Waals surface area (Å²) in [7, 11) is 0. The number of fused-ring (bicyclic) bond motifs is 1. The molecule has 0 aliphatic carbocycles. The second kappa shape index (κ2) is 4.65. The summed E-state index contributed by atoms with van der Waals surface area (Å²) in [6.45, 7) is 1.06. The zero-order valence-electron chi connectivity index (χ0n) is 9.85. The maximum Gasteiger partial charge on any atom is 0.176 e. The molecule has 1 aliphatic rings. The van der Waals surface area contributed by atoms with Crippen LogP contribution in [0, 0.1) is 0 Å². The van der Waals surface area contributed by atoms with Crippen LogP contribution in [-0.4, -0.2) is 23.5 Å². The molecule has 0 unspecified atom stereocenters. The third kappa shape index (κ3) is 2.10. The van der Waals surface area contributed by atoms with Gasteiger partial charge in [-0.15, -0.1) is 0 Å². The minimum Gasteiger partial charge on any atom is -0.506 e. The highest BCUT2D eigenvalue weighted by Gasteiger charge is 2.25. The largest absolute Gasteiger partial charge is 0.506 e. The Morgan fingerprint density at radius 2 is 2.05 bits per heavy atom. The molecule has 0 atom stereocenters. The quantitative estimate of drug-likeness (QED) is 0.836. The number of ether oxygens (including phenoxy) is 2. The van der Waals surface area contributed by atoms with Gasteiger partial charge in [0.2, 0.25) is 0 Å². The van der Waals surface area contributed by atoms with Gasteiger partial charge in [0.25, 0.3) is 0 Å². The van der Waals surface area contributed by atoms with Crippen molar-refractivity contribution in [2.24, 2.45) is 0 Å². The first-order valence-electron chi connectivity index (χ1n) is 5.70. The highest BCUT2D eigenvalue weighted by molar-refractivity contribution is 9.10. The molecular weight excluding hydrogens is 316 g/mol. The summed E-state index contributed by atoms with van der Waals surface area (Å²) in [6.07, 6.45) is 0.769. The average molecular weight is 327 g/mol. The summed E-state index contributed by atoms with van der Waals surface area (Å²) in [4.78, 5) is 0. The highest BCUT2D eigenvalue weighted by Crippen LogP contribution is 2.49. The number of nitrogens with two attached hydrogens (primary N) is 1. The second-order valence-corrected chi connectivity index (χ2v) is 4.93. The van der Waals surface area contributed by atoms with Crippen molar-refractivity contribution in [2.75, 3.05) is 18.9 Å². The predicted molar refractivity (Wildman–Crippen MR) is 71.3 cm³/mol. The molecule has 0 bridgehead atoms. The average Bonchev–Trinajstić information content (AvgIpc) is 2.67. The third-order valence-corrected chi connectivity index (χ3v) is 3.34. The number of aromatic nitrogens is 1. The van der Waals surface area contributed by atoms with Crippen molar-refractivity contribution in [1.82, 2.24) is 5.16 Å². The van der Waals surface area contributed by atoms with Gasteiger partial charge in [0, 0.05) is 18.6 Å². The van der Waals surface area contributed by atoms with Gasteiger partial charge in [-0.2, -0.15) is 0 Å². The molecule has 3 N–H and O–H groups in total. The van der Waals surface area contributed by atoms with Gasteiger partial charge in [0.15, 0.2) is 23.1 Å². The van der Waals surface area contributed by atoms with E-state index in [1.807, 2.05) is 0 Å². The molecule has 0 radical (unpaired) electrons. The molecule has 0 spiro atoms. The van der Waals surface area contributed by atoms with E-state index >= 15 is 0 Å². The van der Waals surface area contributed by atoms with Gasteiger partial charge < -0.3 is 24.8 Å². The molecule has 2 aromatic rings. The predicted octanol–water partition coefficient (Wildman–Crippen LogP) is 2.55. The van der Waals surface area contributed by atoms with Gasteiger partial charge in [-0.3, -0.25) is 0 Å². The van der Waals surface area contributed by atoms with E-state index in [1.165, 1.54) is 6.07 Å². The first-order valence-corrected chi connectivity index (χ1v) is 6.49. The van der Waals surface area contributed by atoms with E-state index in [9.17, 15) is 5.11 Å². The van der Waals surface area contributed by atoms with Crippen LogP contribution < -0.4 is 15.2 Å². The number of phenols is 1. The molecule has 7 heteroatoms. The van der Waals surface area contributed by atoms with Crippen LogP contribution in [0.15, 0.2) is 21.1 Å². The van der Waals surface area contributed by atoms with Crippen LogP contribution in [0.4, 0.5) is 5.82 Å². The van der Waals surface area contributed by atoms with Crippen LogP contribution >= 0.6 is 15.9 Å². The maximum absolute atomic E-state index is 10.2. The minimum absolute atomic E-state index is 0.000370. The maximum atomic E-state index is 10.2. The highest BCUT2D eigenvalue weighted by atomic mass is 79.9. The number of halogens is 1. The molecule has 1 aliphatic heterocycles. The summed E-state index contributed by atoms with van der Waals surface area (Å²) in [6, 6.07) is 3.19. The van der Waals surface area contributed by atoms with Crippen molar-refractivity contribution in [1.29, 1.82) is 0 Å². The van der Waals surface area contributed by atoms with Gasteiger partial charge in [-0.05, 0) is 15.9 Å². The normalized spacial score (nSPS) is 14.2. The van der Waals surface area contributed by atoms with Gasteiger partial charge in [-0.25, -0.2) is 0 Å². The Morgan fingerprint density at radius 3 is 2.79 bits per heavy atom. The Labute approximate surface area is 117 Å². The molecule has 2 heterocycles.